The van der Waals surface area contributed by atoms with Crippen molar-refractivity contribution in [3.63, 3.8) is 0 Å². The Kier molecular flexibility index (Phi) is 3.96. The monoisotopic (exact) mass is 280 g/mol. The predicted molar refractivity (Wildman–Crippen MR) is 77.8 cm³/mol. The Morgan fingerprint density at radius 2 is 2.16 bits per heavy atom. The topological polar surface area (TPSA) is 24.5 Å². The molecule has 0 spiro atoms. The second-order valence-corrected chi connectivity index (χ2v) is 6.04. The van der Waals surface area contributed by atoms with Gasteiger partial charge in [-0.1, -0.05) is 17.7 Å². The Bertz CT molecular complexity index is 452. The average Bonchev–Trinajstić information content (AvgIpc) is 2.73. The minimum Gasteiger partial charge on any atom is -0.495 e. The van der Waals surface area contributed by atoms with Crippen molar-refractivity contribution >= 4 is 11.6 Å². The van der Waals surface area contributed by atoms with Crippen LogP contribution in [0, 0.1) is 0 Å². The maximum atomic E-state index is 6.19. The van der Waals surface area contributed by atoms with Crippen LogP contribution in [-0.4, -0.2) is 37.2 Å². The number of methoxy groups -OCH3 is 1. The van der Waals surface area contributed by atoms with Crippen LogP contribution < -0.4 is 10.1 Å². The number of nitrogens with one attached hydrogen (secondary N) is 1. The molecule has 2 fully saturated rings. The summed E-state index contributed by atoms with van der Waals surface area (Å²) in [5.74, 6) is 0.752. The van der Waals surface area contributed by atoms with E-state index in [1.165, 1.54) is 31.4 Å². The number of ether oxygens (including phenoxy) is 1. The van der Waals surface area contributed by atoms with Gasteiger partial charge in [0.05, 0.1) is 12.1 Å². The zero-order valence-corrected chi connectivity index (χ0v) is 12.1. The summed E-state index contributed by atoms with van der Waals surface area (Å²) in [5.41, 5.74) is 1.27. The molecule has 1 aromatic carbocycles. The van der Waals surface area contributed by atoms with Crippen molar-refractivity contribution in [1.29, 1.82) is 0 Å². The summed E-state index contributed by atoms with van der Waals surface area (Å²) in [6.45, 7) is 3.31. The summed E-state index contributed by atoms with van der Waals surface area (Å²) in [6.07, 6.45) is 3.94. The molecule has 2 aliphatic heterocycles. The lowest BCUT2D eigenvalue weighted by molar-refractivity contribution is 0.251. The van der Waals surface area contributed by atoms with E-state index < -0.39 is 0 Å². The Hall–Kier alpha value is -0.770. The normalized spacial score (nSPS) is 27.3. The van der Waals surface area contributed by atoms with E-state index >= 15 is 0 Å². The van der Waals surface area contributed by atoms with Crippen LogP contribution in [0.3, 0.4) is 0 Å². The molecule has 0 aliphatic carbocycles. The van der Waals surface area contributed by atoms with E-state index in [4.69, 9.17) is 16.3 Å². The largest absolute Gasteiger partial charge is 0.495 e. The highest BCUT2D eigenvalue weighted by Crippen LogP contribution is 2.26. The first-order chi connectivity index (χ1) is 9.24. The molecule has 19 heavy (non-hydrogen) atoms. The minimum atomic E-state index is 0.682. The fourth-order valence-electron chi connectivity index (χ4n) is 3.23. The molecule has 0 saturated carbocycles. The first kappa shape index (κ1) is 13.2. The van der Waals surface area contributed by atoms with Crippen LogP contribution in [-0.2, 0) is 6.54 Å². The molecule has 2 heterocycles. The van der Waals surface area contributed by atoms with E-state index in [1.807, 2.05) is 12.1 Å². The zero-order valence-electron chi connectivity index (χ0n) is 11.4. The number of halogens is 1. The van der Waals surface area contributed by atoms with Crippen molar-refractivity contribution in [2.45, 2.75) is 37.9 Å². The number of hydrogen-bond acceptors (Lipinski definition) is 3. The third-order valence-electron chi connectivity index (χ3n) is 4.23. The van der Waals surface area contributed by atoms with Crippen LogP contribution in [0.2, 0.25) is 5.02 Å². The number of rotatable bonds is 3. The summed E-state index contributed by atoms with van der Waals surface area (Å²) < 4.78 is 5.19. The van der Waals surface area contributed by atoms with E-state index in [-0.39, 0.29) is 0 Å². The fraction of sp³-hybridized carbons (Fsp3) is 0.600. The molecule has 4 heteroatoms. The summed E-state index contributed by atoms with van der Waals surface area (Å²) in [6, 6.07) is 7.52. The van der Waals surface area contributed by atoms with Gasteiger partial charge in [0.25, 0.3) is 0 Å². The highest BCUT2D eigenvalue weighted by Gasteiger charge is 2.29. The number of fused-ring (bicyclic) bond motifs is 2. The van der Waals surface area contributed by atoms with Crippen molar-refractivity contribution in [3.05, 3.63) is 28.8 Å². The van der Waals surface area contributed by atoms with E-state index in [0.717, 1.165) is 24.9 Å². The first-order valence-electron chi connectivity index (χ1n) is 7.05. The SMILES string of the molecule is COc1ccc(CN2CCC3CCC(C2)N3)cc1Cl. The molecule has 1 N–H and O–H groups in total. The van der Waals surface area contributed by atoms with Gasteiger partial charge in [-0.15, -0.1) is 0 Å². The third-order valence-corrected chi connectivity index (χ3v) is 4.53. The van der Waals surface area contributed by atoms with Crippen molar-refractivity contribution in [1.82, 2.24) is 10.2 Å². The quantitative estimate of drug-likeness (QED) is 0.921. The smallest absolute Gasteiger partial charge is 0.137 e. The molecular weight excluding hydrogens is 260 g/mol. The van der Waals surface area contributed by atoms with Crippen LogP contribution in [0.25, 0.3) is 0 Å². The van der Waals surface area contributed by atoms with Crippen LogP contribution in [0.1, 0.15) is 24.8 Å². The van der Waals surface area contributed by atoms with Crippen LogP contribution >= 0.6 is 11.6 Å². The van der Waals surface area contributed by atoms with Gasteiger partial charge in [0.15, 0.2) is 0 Å². The van der Waals surface area contributed by atoms with Gasteiger partial charge < -0.3 is 10.1 Å². The number of hydrogen-bond donors (Lipinski definition) is 1. The molecule has 0 aromatic heterocycles. The molecule has 0 radical (unpaired) electrons. The minimum absolute atomic E-state index is 0.682. The van der Waals surface area contributed by atoms with Crippen molar-refractivity contribution in [2.75, 3.05) is 20.2 Å². The van der Waals surface area contributed by atoms with Crippen LogP contribution in [0.4, 0.5) is 0 Å². The second-order valence-electron chi connectivity index (χ2n) is 5.63. The van der Waals surface area contributed by atoms with Gasteiger partial charge in [0.2, 0.25) is 0 Å². The average molecular weight is 281 g/mol. The van der Waals surface area contributed by atoms with Crippen LogP contribution in [0.5, 0.6) is 5.75 Å². The van der Waals surface area contributed by atoms with Crippen molar-refractivity contribution < 1.29 is 4.74 Å². The second kappa shape index (κ2) is 5.70. The van der Waals surface area contributed by atoms with E-state index in [9.17, 15) is 0 Å². The van der Waals surface area contributed by atoms with Crippen LogP contribution in [0.15, 0.2) is 18.2 Å². The van der Waals surface area contributed by atoms with Gasteiger partial charge >= 0.3 is 0 Å². The molecule has 0 amide bonds. The molecular formula is C15H21ClN2O. The summed E-state index contributed by atoms with van der Waals surface area (Å²) in [4.78, 5) is 2.54. The standard InChI is InChI=1S/C15H21ClN2O/c1-19-15-5-2-11(8-14(15)16)9-18-7-6-12-3-4-13(10-18)17-12/h2,5,8,12-13,17H,3-4,6-7,9-10H2,1H3. The van der Waals surface area contributed by atoms with Gasteiger partial charge in [0.1, 0.15) is 5.75 Å². The Morgan fingerprint density at radius 1 is 1.32 bits per heavy atom. The zero-order chi connectivity index (χ0) is 13.2. The number of nitrogens with zero attached hydrogens (tertiary/aromatic N) is 1. The molecule has 1 aromatic rings. The summed E-state index contributed by atoms with van der Waals surface area (Å²) in [7, 11) is 1.65. The fourth-order valence-corrected chi connectivity index (χ4v) is 3.51. The maximum Gasteiger partial charge on any atom is 0.137 e. The maximum absolute atomic E-state index is 6.19. The van der Waals surface area contributed by atoms with Gasteiger partial charge in [-0.05, 0) is 37.0 Å². The number of likely N-dealkylation sites (tertiary alicyclic amines) is 1. The van der Waals surface area contributed by atoms with E-state index in [1.54, 1.807) is 7.11 Å². The van der Waals surface area contributed by atoms with Crippen molar-refractivity contribution in [2.24, 2.45) is 0 Å². The highest BCUT2D eigenvalue weighted by atomic mass is 35.5. The summed E-state index contributed by atoms with van der Waals surface area (Å²) >= 11 is 6.19. The van der Waals surface area contributed by atoms with Gasteiger partial charge in [-0.25, -0.2) is 0 Å². The molecule has 2 saturated heterocycles. The third kappa shape index (κ3) is 3.04. The predicted octanol–water partition coefficient (Wildman–Crippen LogP) is 2.67. The Balaban J connectivity index is 1.66. The van der Waals surface area contributed by atoms with Gasteiger partial charge in [-0.3, -0.25) is 4.90 Å². The number of benzene rings is 1. The Morgan fingerprint density at radius 3 is 2.95 bits per heavy atom. The molecule has 2 aliphatic rings. The van der Waals surface area contributed by atoms with Gasteiger partial charge in [0, 0.05) is 31.7 Å². The lowest BCUT2D eigenvalue weighted by Crippen LogP contribution is -2.34. The summed E-state index contributed by atoms with van der Waals surface area (Å²) in [5, 5.41) is 4.41. The lowest BCUT2D eigenvalue weighted by Gasteiger charge is -2.24. The molecule has 2 unspecified atom stereocenters. The molecule has 3 nitrogen and oxygen atoms in total. The van der Waals surface area contributed by atoms with Gasteiger partial charge in [-0.2, -0.15) is 0 Å². The highest BCUT2D eigenvalue weighted by molar-refractivity contribution is 6.32. The lowest BCUT2D eigenvalue weighted by atomic mass is 10.1. The molecule has 2 bridgehead atoms. The molecule has 2 atom stereocenters. The van der Waals surface area contributed by atoms with Crippen molar-refractivity contribution in [3.8, 4) is 5.75 Å². The Labute approximate surface area is 119 Å². The molecule has 3 rings (SSSR count). The molecule has 104 valence electrons. The first-order valence-corrected chi connectivity index (χ1v) is 7.43. The van der Waals surface area contributed by atoms with E-state index in [0.29, 0.717) is 11.1 Å². The van der Waals surface area contributed by atoms with E-state index in [2.05, 4.69) is 16.3 Å².